The molecule has 2 fully saturated rings. The minimum Gasteiger partial charge on any atom is -0.483 e. The number of nitrogens with zero attached hydrogens (tertiary/aromatic N) is 3. The molecule has 2 saturated heterocycles. The van der Waals surface area contributed by atoms with E-state index < -0.39 is 0 Å². The molecule has 3 atom stereocenters. The van der Waals surface area contributed by atoms with E-state index in [0.29, 0.717) is 30.1 Å². The molecule has 0 radical (unpaired) electrons. The zero-order valence-electron chi connectivity index (χ0n) is 19.6. The third-order valence-electron chi connectivity index (χ3n) is 7.25. The van der Waals surface area contributed by atoms with E-state index in [-0.39, 0.29) is 18.1 Å². The normalized spacial score (nSPS) is 24.6. The van der Waals surface area contributed by atoms with E-state index in [0.717, 1.165) is 51.0 Å². The van der Waals surface area contributed by atoms with Gasteiger partial charge in [0, 0.05) is 43.2 Å². The van der Waals surface area contributed by atoms with Crippen molar-refractivity contribution in [1.29, 1.82) is 0 Å². The molecule has 1 aromatic rings. The second-order valence-electron chi connectivity index (χ2n) is 9.95. The summed E-state index contributed by atoms with van der Waals surface area (Å²) in [6.07, 6.45) is 7.51. The number of fused-ring (bicyclic) bond motifs is 4. The predicted molar refractivity (Wildman–Crippen MR) is 125 cm³/mol. The second-order valence-corrected chi connectivity index (χ2v) is 9.95. The highest BCUT2D eigenvalue weighted by atomic mass is 16.3. The Kier molecular flexibility index (Phi) is 8.91. The molecule has 0 aromatic carbocycles. The van der Waals surface area contributed by atoms with Crippen LogP contribution in [0.4, 0.5) is 0 Å². The lowest BCUT2D eigenvalue weighted by atomic mass is 9.76. The van der Waals surface area contributed by atoms with Gasteiger partial charge >= 0.3 is 0 Å². The molecular weight excluding hydrogens is 406 g/mol. The first-order valence-electron chi connectivity index (χ1n) is 12.2. The molecule has 0 aliphatic carbocycles. The summed E-state index contributed by atoms with van der Waals surface area (Å²) in [5.41, 5.74) is 1.29. The molecule has 1 amide bonds. The van der Waals surface area contributed by atoms with E-state index in [1.165, 1.54) is 25.9 Å². The Morgan fingerprint density at radius 3 is 2.62 bits per heavy atom. The zero-order chi connectivity index (χ0) is 23.1. The Morgan fingerprint density at radius 2 is 1.94 bits per heavy atom. The number of piperidine rings is 1. The summed E-state index contributed by atoms with van der Waals surface area (Å²) in [6.45, 7) is 9.30. The number of hydrogen-bond donors (Lipinski definition) is 1. The van der Waals surface area contributed by atoms with Crippen molar-refractivity contribution in [3.63, 3.8) is 0 Å². The van der Waals surface area contributed by atoms with Crippen LogP contribution in [-0.4, -0.2) is 64.6 Å². The Bertz CT molecular complexity index is 816. The number of carboxylic acid groups (broad SMARTS) is 1. The van der Waals surface area contributed by atoms with Crippen LogP contribution in [0, 0.1) is 11.8 Å². The number of amides is 1. The van der Waals surface area contributed by atoms with Crippen molar-refractivity contribution in [3.05, 3.63) is 34.2 Å². The molecule has 3 aliphatic heterocycles. The van der Waals surface area contributed by atoms with E-state index in [1.54, 1.807) is 6.07 Å². The van der Waals surface area contributed by atoms with Gasteiger partial charge in [-0.1, -0.05) is 19.9 Å². The maximum Gasteiger partial charge on any atom is 0.290 e. The third-order valence-corrected chi connectivity index (χ3v) is 7.25. The first-order valence-corrected chi connectivity index (χ1v) is 12.2. The molecule has 7 nitrogen and oxygen atoms in total. The van der Waals surface area contributed by atoms with Crippen molar-refractivity contribution in [2.24, 2.45) is 11.8 Å². The number of pyridine rings is 1. The molecular formula is C25H39N3O4. The van der Waals surface area contributed by atoms with Gasteiger partial charge in [0.2, 0.25) is 5.91 Å². The number of aromatic nitrogens is 1. The summed E-state index contributed by atoms with van der Waals surface area (Å²) in [7, 11) is 0. The molecule has 1 aromatic heterocycles. The van der Waals surface area contributed by atoms with Crippen molar-refractivity contribution < 1.29 is 14.7 Å². The van der Waals surface area contributed by atoms with Gasteiger partial charge < -0.3 is 19.5 Å². The Balaban J connectivity index is 0.000000913. The van der Waals surface area contributed by atoms with Crippen molar-refractivity contribution in [2.75, 3.05) is 32.7 Å². The van der Waals surface area contributed by atoms with Crippen LogP contribution in [0.5, 0.6) is 0 Å². The van der Waals surface area contributed by atoms with Crippen molar-refractivity contribution in [2.45, 2.75) is 70.8 Å². The topological polar surface area (TPSA) is 82.9 Å². The van der Waals surface area contributed by atoms with E-state index in [1.807, 2.05) is 6.07 Å². The van der Waals surface area contributed by atoms with Crippen molar-refractivity contribution in [3.8, 4) is 0 Å². The summed E-state index contributed by atoms with van der Waals surface area (Å²) in [4.78, 5) is 38.7. The molecule has 2 bridgehead atoms. The lowest BCUT2D eigenvalue weighted by molar-refractivity contribution is -0.134. The van der Waals surface area contributed by atoms with Gasteiger partial charge in [0.15, 0.2) is 0 Å². The van der Waals surface area contributed by atoms with Crippen LogP contribution < -0.4 is 5.56 Å². The fraction of sp³-hybridized carbons (Fsp3) is 0.720. The van der Waals surface area contributed by atoms with Crippen molar-refractivity contribution in [1.82, 2.24) is 14.4 Å². The minimum atomic E-state index is -0.250. The summed E-state index contributed by atoms with van der Waals surface area (Å²) in [5.74, 6) is 1.65. The molecule has 4 heterocycles. The van der Waals surface area contributed by atoms with E-state index >= 15 is 0 Å². The second kappa shape index (κ2) is 11.6. The lowest BCUT2D eigenvalue weighted by Gasteiger charge is -2.47. The molecule has 4 rings (SSSR count). The number of carbonyl (C=O) groups is 2. The van der Waals surface area contributed by atoms with Crippen LogP contribution in [-0.2, 0) is 9.59 Å². The van der Waals surface area contributed by atoms with Gasteiger partial charge in [-0.25, -0.2) is 0 Å². The van der Waals surface area contributed by atoms with E-state index in [9.17, 15) is 9.59 Å². The molecule has 1 N–H and O–H groups in total. The summed E-state index contributed by atoms with van der Waals surface area (Å²) in [6, 6.07) is 5.95. The molecule has 0 spiro atoms. The Morgan fingerprint density at radius 1 is 1.22 bits per heavy atom. The third kappa shape index (κ3) is 6.00. The average Bonchev–Trinajstić information content (AvgIpc) is 3.28. The SMILES string of the molecule is CC(C)CC[C@H]1[C@H]2C[C@H](CN(C(=O)CCCN3CCCC3)C2)c2cccc(=O)n21.O=CO. The average molecular weight is 446 g/mol. The molecule has 3 aliphatic rings. The molecule has 0 unspecified atom stereocenters. The fourth-order valence-corrected chi connectivity index (χ4v) is 5.74. The van der Waals surface area contributed by atoms with Gasteiger partial charge in [-0.05, 0) is 76.1 Å². The maximum absolute atomic E-state index is 13.0. The van der Waals surface area contributed by atoms with Gasteiger partial charge in [0.25, 0.3) is 12.0 Å². The highest BCUT2D eigenvalue weighted by Gasteiger charge is 2.41. The van der Waals surface area contributed by atoms with Crippen LogP contribution in [0.25, 0.3) is 0 Å². The first-order chi connectivity index (χ1) is 15.4. The van der Waals surface area contributed by atoms with Crippen LogP contribution in [0.3, 0.4) is 0 Å². The summed E-state index contributed by atoms with van der Waals surface area (Å²) < 4.78 is 2.08. The number of rotatable bonds is 7. The van der Waals surface area contributed by atoms with Crippen LogP contribution >= 0.6 is 0 Å². The summed E-state index contributed by atoms with van der Waals surface area (Å²) >= 11 is 0. The van der Waals surface area contributed by atoms with Crippen LogP contribution in [0.2, 0.25) is 0 Å². The van der Waals surface area contributed by atoms with Crippen LogP contribution in [0.1, 0.15) is 76.4 Å². The molecule has 178 valence electrons. The number of hydrogen-bond acceptors (Lipinski definition) is 4. The highest BCUT2D eigenvalue weighted by Crippen LogP contribution is 2.43. The van der Waals surface area contributed by atoms with Gasteiger partial charge in [0.05, 0.1) is 0 Å². The van der Waals surface area contributed by atoms with Gasteiger partial charge in [0.1, 0.15) is 0 Å². The molecule has 0 saturated carbocycles. The van der Waals surface area contributed by atoms with Gasteiger partial charge in [-0.2, -0.15) is 0 Å². The molecule has 32 heavy (non-hydrogen) atoms. The Hall–Kier alpha value is -2.15. The zero-order valence-corrected chi connectivity index (χ0v) is 19.6. The highest BCUT2D eigenvalue weighted by molar-refractivity contribution is 5.76. The van der Waals surface area contributed by atoms with E-state index in [4.69, 9.17) is 9.90 Å². The standard InChI is InChI=1S/C24H37N3O2.CH2O2/c1-18(2)10-11-22-20-15-19(21-7-5-8-24(29)27(21)22)16-26(17-20)23(28)9-6-14-25-12-3-4-13-25;2-1-3/h5,7-8,18-20,22H,3-4,6,9-17H2,1-2H3;1H,(H,2,3)/t19-,20+,22+;/m1./s1. The fourth-order valence-electron chi connectivity index (χ4n) is 5.74. The lowest BCUT2D eigenvalue weighted by Crippen LogP contribution is -2.51. The quantitative estimate of drug-likeness (QED) is 0.651. The smallest absolute Gasteiger partial charge is 0.290 e. The maximum atomic E-state index is 13.0. The largest absolute Gasteiger partial charge is 0.483 e. The minimum absolute atomic E-state index is 0.136. The van der Waals surface area contributed by atoms with Gasteiger partial charge in [-0.15, -0.1) is 0 Å². The predicted octanol–water partition coefficient (Wildman–Crippen LogP) is 3.35. The van der Waals surface area contributed by atoms with E-state index in [2.05, 4.69) is 34.3 Å². The Labute approximate surface area is 191 Å². The summed E-state index contributed by atoms with van der Waals surface area (Å²) in [5, 5.41) is 6.89. The first kappa shape index (κ1) is 24.5. The van der Waals surface area contributed by atoms with Crippen molar-refractivity contribution >= 4 is 12.4 Å². The van der Waals surface area contributed by atoms with Gasteiger partial charge in [-0.3, -0.25) is 14.4 Å². The number of likely N-dealkylation sites (tertiary alicyclic amines) is 2. The molecule has 7 heteroatoms. The number of carbonyl (C=O) groups excluding carboxylic acids is 1. The van der Waals surface area contributed by atoms with Crippen LogP contribution in [0.15, 0.2) is 23.0 Å². The monoisotopic (exact) mass is 445 g/mol.